The van der Waals surface area contributed by atoms with Gasteiger partial charge in [0.2, 0.25) is 11.8 Å². The first kappa shape index (κ1) is 32.6. The number of pyridine rings is 1. The molecule has 3 aliphatic rings. The molecular formula is C34H41N5O7. The van der Waals surface area contributed by atoms with Gasteiger partial charge in [-0.3, -0.25) is 24.3 Å². The maximum absolute atomic E-state index is 13.4. The number of aromatic nitrogens is 1. The predicted octanol–water partition coefficient (Wildman–Crippen LogP) is 2.34. The summed E-state index contributed by atoms with van der Waals surface area (Å²) in [7, 11) is 5.00. The fourth-order valence-electron chi connectivity index (χ4n) is 5.66. The lowest BCUT2D eigenvalue weighted by Crippen LogP contribution is -2.59. The van der Waals surface area contributed by atoms with Crippen molar-refractivity contribution in [3.8, 4) is 23.0 Å². The Morgan fingerprint density at radius 2 is 1.83 bits per heavy atom. The summed E-state index contributed by atoms with van der Waals surface area (Å²) in [4.78, 5) is 47.1. The van der Waals surface area contributed by atoms with Crippen molar-refractivity contribution in [1.29, 1.82) is 0 Å². The standard InChI is InChI=1S/C34H41N5O7/c1-38(19-24-10-13-35-14-11-24)21-34(42)39-15-12-28-27(20-39)37-33(41)22-45-31-16-23(4-8-29(31)43-2)5-9-32(40)36-18-25-6-7-26(46-28)17-30(25)44-3/h4,6-8,10-11,13-14,16-17,27-28H,5,9,12,15,18-22H2,1-3H3,(H,36,40)(H,37,41)/t27-,28+/m1/s1. The molecule has 2 N–H and O–H groups in total. The Hall–Kier alpha value is -4.84. The molecule has 0 aliphatic carbocycles. The molecule has 2 aromatic carbocycles. The summed E-state index contributed by atoms with van der Waals surface area (Å²) in [6, 6.07) is 14.2. The van der Waals surface area contributed by atoms with Gasteiger partial charge in [-0.25, -0.2) is 0 Å². The third kappa shape index (κ3) is 8.66. The van der Waals surface area contributed by atoms with Crippen molar-refractivity contribution in [1.82, 2.24) is 25.4 Å². The number of fused-ring (bicyclic) bond motifs is 9. The van der Waals surface area contributed by atoms with Gasteiger partial charge in [-0.2, -0.15) is 0 Å². The van der Waals surface area contributed by atoms with E-state index in [1.54, 1.807) is 42.6 Å². The maximum atomic E-state index is 13.4. The van der Waals surface area contributed by atoms with Gasteiger partial charge in [-0.15, -0.1) is 0 Å². The molecule has 3 aromatic rings. The minimum absolute atomic E-state index is 0.0364. The summed E-state index contributed by atoms with van der Waals surface area (Å²) < 4.78 is 23.4. The van der Waals surface area contributed by atoms with Crippen LogP contribution in [0.4, 0.5) is 0 Å². The Morgan fingerprint density at radius 1 is 1.02 bits per heavy atom. The summed E-state index contributed by atoms with van der Waals surface area (Å²) in [5.41, 5.74) is 2.74. The third-order valence-electron chi connectivity index (χ3n) is 8.11. The number of hydrogen-bond acceptors (Lipinski definition) is 9. The van der Waals surface area contributed by atoms with Gasteiger partial charge >= 0.3 is 0 Å². The van der Waals surface area contributed by atoms with Gasteiger partial charge in [0.25, 0.3) is 5.91 Å². The Kier molecular flexibility index (Phi) is 10.9. The SMILES string of the molecule is COc1cc2ccc1CNC(=O)CCc1ccc(OC)c(c1)OCC(=O)N[C@@H]1CN(C(=O)CN(C)Cc3ccncc3)CC[C@@H]1O2. The molecule has 3 amide bonds. The van der Waals surface area contributed by atoms with Crippen LogP contribution in [0.25, 0.3) is 0 Å². The monoisotopic (exact) mass is 631 g/mol. The number of likely N-dealkylation sites (N-methyl/N-ethyl adjacent to an activating group) is 1. The van der Waals surface area contributed by atoms with E-state index in [4.69, 9.17) is 18.9 Å². The van der Waals surface area contributed by atoms with E-state index >= 15 is 0 Å². The zero-order chi connectivity index (χ0) is 32.5. The molecule has 4 bridgehead atoms. The number of nitrogens with zero attached hydrogens (tertiary/aromatic N) is 3. The molecule has 3 aliphatic heterocycles. The van der Waals surface area contributed by atoms with Crippen molar-refractivity contribution >= 4 is 17.7 Å². The van der Waals surface area contributed by atoms with Crippen molar-refractivity contribution in [2.24, 2.45) is 0 Å². The van der Waals surface area contributed by atoms with Crippen LogP contribution in [0.2, 0.25) is 0 Å². The summed E-state index contributed by atoms with van der Waals surface area (Å²) >= 11 is 0. The Labute approximate surface area is 269 Å². The topological polar surface area (TPSA) is 132 Å². The van der Waals surface area contributed by atoms with E-state index in [1.165, 1.54) is 7.11 Å². The molecule has 12 nitrogen and oxygen atoms in total. The van der Waals surface area contributed by atoms with Crippen LogP contribution in [0.5, 0.6) is 23.0 Å². The Morgan fingerprint density at radius 3 is 2.61 bits per heavy atom. The predicted molar refractivity (Wildman–Crippen MR) is 170 cm³/mol. The smallest absolute Gasteiger partial charge is 0.258 e. The number of likely N-dealkylation sites (tertiary alicyclic amines) is 1. The molecule has 6 rings (SSSR count). The van der Waals surface area contributed by atoms with E-state index in [9.17, 15) is 14.4 Å². The number of hydrogen-bond donors (Lipinski definition) is 2. The number of carbonyl (C=O) groups excluding carboxylic acids is 3. The van der Waals surface area contributed by atoms with E-state index in [2.05, 4.69) is 15.6 Å². The lowest BCUT2D eigenvalue weighted by Gasteiger charge is -2.39. The first-order chi connectivity index (χ1) is 22.3. The molecule has 2 atom stereocenters. The van der Waals surface area contributed by atoms with E-state index < -0.39 is 12.1 Å². The molecular weight excluding hydrogens is 590 g/mol. The fourth-order valence-corrected chi connectivity index (χ4v) is 5.66. The van der Waals surface area contributed by atoms with Crippen LogP contribution < -0.4 is 29.6 Å². The highest BCUT2D eigenvalue weighted by atomic mass is 16.5. The molecule has 0 saturated carbocycles. The molecule has 0 radical (unpaired) electrons. The van der Waals surface area contributed by atoms with E-state index in [0.717, 1.165) is 16.7 Å². The van der Waals surface area contributed by atoms with E-state index in [0.29, 0.717) is 55.5 Å². The van der Waals surface area contributed by atoms with E-state index in [1.807, 2.05) is 42.3 Å². The Bertz CT molecular complexity index is 1520. The van der Waals surface area contributed by atoms with Crippen molar-refractivity contribution < 1.29 is 33.3 Å². The summed E-state index contributed by atoms with van der Waals surface area (Å²) in [5, 5.41) is 6.01. The normalized spacial score (nSPS) is 18.9. The number of amides is 3. The average molecular weight is 632 g/mol. The van der Waals surface area contributed by atoms with Gasteiger partial charge < -0.3 is 34.5 Å². The van der Waals surface area contributed by atoms with Crippen LogP contribution in [0, 0.1) is 0 Å². The number of rotatable bonds is 6. The molecule has 1 saturated heterocycles. The number of benzene rings is 2. The minimum Gasteiger partial charge on any atom is -0.496 e. The van der Waals surface area contributed by atoms with Crippen molar-refractivity contribution in [3.63, 3.8) is 0 Å². The molecule has 0 spiro atoms. The number of aryl methyl sites for hydroxylation is 1. The molecule has 1 fully saturated rings. The fraction of sp³-hybridized carbons (Fsp3) is 0.412. The van der Waals surface area contributed by atoms with Crippen LogP contribution in [-0.2, 0) is 33.9 Å². The number of carbonyl (C=O) groups is 3. The lowest BCUT2D eigenvalue weighted by atomic mass is 10.0. The number of piperidine rings is 1. The van der Waals surface area contributed by atoms with Crippen molar-refractivity contribution in [2.75, 3.05) is 47.5 Å². The number of nitrogens with one attached hydrogen (secondary N) is 2. The van der Waals surface area contributed by atoms with Crippen LogP contribution in [-0.4, -0.2) is 92.2 Å². The highest BCUT2D eigenvalue weighted by Crippen LogP contribution is 2.30. The van der Waals surface area contributed by atoms with Crippen molar-refractivity contribution in [2.45, 2.75) is 44.5 Å². The van der Waals surface area contributed by atoms with Crippen LogP contribution in [0.15, 0.2) is 60.9 Å². The molecule has 4 heterocycles. The second-order valence-corrected chi connectivity index (χ2v) is 11.5. The molecule has 244 valence electrons. The summed E-state index contributed by atoms with van der Waals surface area (Å²) in [5.74, 6) is 1.52. The quantitative estimate of drug-likeness (QED) is 0.421. The number of methoxy groups -OCH3 is 2. The van der Waals surface area contributed by atoms with Gasteiger partial charge in [0.1, 0.15) is 17.6 Å². The number of ether oxygens (including phenoxy) is 4. The van der Waals surface area contributed by atoms with Gasteiger partial charge in [0, 0.05) is 63.0 Å². The summed E-state index contributed by atoms with van der Waals surface area (Å²) in [6.45, 7) is 1.61. The van der Waals surface area contributed by atoms with Gasteiger partial charge in [-0.1, -0.05) is 6.07 Å². The zero-order valence-corrected chi connectivity index (χ0v) is 26.5. The maximum Gasteiger partial charge on any atom is 0.258 e. The summed E-state index contributed by atoms with van der Waals surface area (Å²) in [6.07, 6.45) is 4.30. The first-order valence-corrected chi connectivity index (χ1v) is 15.4. The second kappa shape index (κ2) is 15.4. The first-order valence-electron chi connectivity index (χ1n) is 15.4. The van der Waals surface area contributed by atoms with Gasteiger partial charge in [-0.05, 0) is 61.0 Å². The van der Waals surface area contributed by atoms with Crippen molar-refractivity contribution in [3.05, 3.63) is 77.6 Å². The van der Waals surface area contributed by atoms with E-state index in [-0.39, 0.29) is 43.8 Å². The van der Waals surface area contributed by atoms with Crippen LogP contribution in [0.3, 0.4) is 0 Å². The largest absolute Gasteiger partial charge is 0.496 e. The highest BCUT2D eigenvalue weighted by Gasteiger charge is 2.34. The molecule has 0 unspecified atom stereocenters. The highest BCUT2D eigenvalue weighted by molar-refractivity contribution is 5.80. The molecule has 46 heavy (non-hydrogen) atoms. The second-order valence-electron chi connectivity index (χ2n) is 11.5. The van der Waals surface area contributed by atoms with Gasteiger partial charge in [0.15, 0.2) is 18.1 Å². The zero-order valence-electron chi connectivity index (χ0n) is 26.5. The molecule has 1 aromatic heterocycles. The Balaban J connectivity index is 1.35. The van der Waals surface area contributed by atoms with Crippen LogP contribution >= 0.6 is 0 Å². The van der Waals surface area contributed by atoms with Gasteiger partial charge in [0.05, 0.1) is 26.8 Å². The lowest BCUT2D eigenvalue weighted by molar-refractivity contribution is -0.136. The minimum atomic E-state index is -0.500. The average Bonchev–Trinajstić information content (AvgIpc) is 3.06. The third-order valence-corrected chi connectivity index (χ3v) is 8.11. The van der Waals surface area contributed by atoms with Crippen LogP contribution in [0.1, 0.15) is 29.5 Å². The molecule has 12 heteroatoms.